The maximum absolute atomic E-state index is 5.43. The summed E-state index contributed by atoms with van der Waals surface area (Å²) in [5.41, 5.74) is 19.5. The lowest BCUT2D eigenvalue weighted by Gasteiger charge is -2.24. The topological polar surface area (TPSA) is 48.5 Å². The molecule has 17 rings (SSSR count). The normalized spacial score (nSPS) is 12.8. The van der Waals surface area contributed by atoms with Crippen molar-refractivity contribution < 1.29 is 0 Å². The fourth-order valence-corrected chi connectivity index (χ4v) is 13.9. The Balaban J connectivity index is 0.969. The van der Waals surface area contributed by atoms with Crippen LogP contribution in [0.3, 0.4) is 0 Å². The molecule has 5 heteroatoms. The molecule has 0 aliphatic heterocycles. The summed E-state index contributed by atoms with van der Waals surface area (Å²) in [5, 5.41) is 11.9. The van der Waals surface area contributed by atoms with E-state index in [1.165, 1.54) is 82.2 Å². The van der Waals surface area contributed by atoms with E-state index >= 15 is 0 Å². The van der Waals surface area contributed by atoms with Crippen molar-refractivity contribution in [2.75, 3.05) is 0 Å². The lowest BCUT2D eigenvalue weighted by molar-refractivity contribution is 0.661. The van der Waals surface area contributed by atoms with Gasteiger partial charge in [0.15, 0.2) is 11.6 Å². The smallest absolute Gasteiger partial charge is 0.238 e. The van der Waals surface area contributed by atoms with Crippen molar-refractivity contribution in [1.82, 2.24) is 24.1 Å². The molecule has 0 amide bonds. The molecule has 3 heterocycles. The zero-order valence-corrected chi connectivity index (χ0v) is 45.7. The number of nitrogens with zero attached hydrogens (tertiary/aromatic N) is 5. The Bertz CT molecular complexity index is 5270. The summed E-state index contributed by atoms with van der Waals surface area (Å²) >= 11 is 0. The second-order valence-electron chi connectivity index (χ2n) is 22.6. The van der Waals surface area contributed by atoms with Crippen LogP contribution in [0.4, 0.5) is 0 Å². The van der Waals surface area contributed by atoms with Crippen LogP contribution in [-0.2, 0) is 5.41 Å². The van der Waals surface area contributed by atoms with Crippen LogP contribution in [0.5, 0.6) is 0 Å². The van der Waals surface area contributed by atoms with Crippen LogP contribution in [0, 0.1) is 0 Å². The Morgan fingerprint density at radius 1 is 0.265 bits per heavy atom. The van der Waals surface area contributed by atoms with E-state index in [-0.39, 0.29) is 5.41 Å². The predicted molar refractivity (Wildman–Crippen MR) is 346 cm³/mol. The summed E-state index contributed by atoms with van der Waals surface area (Å²) in [5.74, 6) is 1.77. The molecule has 0 atom stereocenters. The van der Waals surface area contributed by atoms with Gasteiger partial charge >= 0.3 is 0 Å². The van der Waals surface area contributed by atoms with Gasteiger partial charge < -0.3 is 4.57 Å². The molecule has 16 aromatic rings. The molecule has 388 valence electrons. The molecule has 0 fully saturated rings. The van der Waals surface area contributed by atoms with Crippen molar-refractivity contribution in [2.24, 2.45) is 0 Å². The Hall–Kier alpha value is -10.8. The Labute approximate surface area is 479 Å². The zero-order valence-electron chi connectivity index (χ0n) is 45.7. The Morgan fingerprint density at radius 2 is 0.735 bits per heavy atom. The summed E-state index contributed by atoms with van der Waals surface area (Å²) in [4.78, 5) is 16.0. The van der Waals surface area contributed by atoms with Gasteiger partial charge in [0.1, 0.15) is 0 Å². The minimum atomic E-state index is -0.203. The number of rotatable bonds is 7. The summed E-state index contributed by atoms with van der Waals surface area (Å²) < 4.78 is 4.68. The molecule has 1 aliphatic rings. The van der Waals surface area contributed by atoms with Crippen molar-refractivity contribution in [3.8, 4) is 78.9 Å². The highest BCUT2D eigenvalue weighted by molar-refractivity contribution is 6.26. The van der Waals surface area contributed by atoms with E-state index in [9.17, 15) is 0 Å². The molecule has 3 aromatic heterocycles. The first-order valence-electron chi connectivity index (χ1n) is 28.6. The third kappa shape index (κ3) is 7.11. The van der Waals surface area contributed by atoms with Gasteiger partial charge in [-0.3, -0.25) is 4.57 Å². The second-order valence-corrected chi connectivity index (χ2v) is 22.6. The molecule has 13 aromatic carbocycles. The second kappa shape index (κ2) is 18.1. The van der Waals surface area contributed by atoms with Crippen molar-refractivity contribution in [3.05, 3.63) is 284 Å². The van der Waals surface area contributed by atoms with Gasteiger partial charge in [0.25, 0.3) is 0 Å². The van der Waals surface area contributed by atoms with Crippen molar-refractivity contribution >= 4 is 75.9 Å². The molecular formula is C78H51N5. The molecule has 0 bridgehead atoms. The number of hydrogen-bond acceptors (Lipinski definition) is 3. The molecule has 0 spiro atoms. The van der Waals surface area contributed by atoms with Crippen LogP contribution in [0.25, 0.3) is 155 Å². The van der Waals surface area contributed by atoms with E-state index in [0.29, 0.717) is 17.6 Å². The van der Waals surface area contributed by atoms with Crippen LogP contribution in [0.2, 0.25) is 0 Å². The van der Waals surface area contributed by atoms with Crippen molar-refractivity contribution in [1.29, 1.82) is 0 Å². The molecule has 1 aliphatic carbocycles. The Morgan fingerprint density at radius 3 is 1.40 bits per heavy atom. The molecule has 5 nitrogen and oxygen atoms in total. The molecule has 0 saturated carbocycles. The van der Waals surface area contributed by atoms with Gasteiger partial charge in [0, 0.05) is 43.8 Å². The first-order chi connectivity index (χ1) is 40.9. The standard InChI is InChI=1S/C78H51N5/c1-78(2)66-37-21-19-36-61(66)74-57-33-16-15-31-54(57)65(45-67(74)78)73-59-35-18-17-34-58(59)72(48-23-7-3-8-24-48)60-42-40-51(43-64(60)73)52-39-41-56-63-46-70-62(55-32-20-22-38-68(55)82(70)53-29-13-6-14-30-53)47-71(63)83(69(56)44-52)77-80-75(49-25-9-4-10-26-49)79-76(81-77)50-27-11-5-12-28-50/h3-47H,1-2H3. The van der Waals surface area contributed by atoms with Gasteiger partial charge in [-0.15, -0.1) is 0 Å². The lowest BCUT2D eigenvalue weighted by Crippen LogP contribution is -2.15. The monoisotopic (exact) mass is 1060 g/mol. The van der Waals surface area contributed by atoms with E-state index in [1.54, 1.807) is 0 Å². The number of aromatic nitrogens is 5. The molecule has 83 heavy (non-hydrogen) atoms. The van der Waals surface area contributed by atoms with Gasteiger partial charge in [-0.05, 0) is 136 Å². The van der Waals surface area contributed by atoms with E-state index in [1.807, 2.05) is 36.4 Å². The molecule has 0 saturated heterocycles. The third-order valence-electron chi connectivity index (χ3n) is 17.7. The maximum Gasteiger partial charge on any atom is 0.238 e. The van der Waals surface area contributed by atoms with Crippen LogP contribution < -0.4 is 0 Å². The van der Waals surface area contributed by atoms with E-state index in [4.69, 9.17) is 15.0 Å². The third-order valence-corrected chi connectivity index (χ3v) is 17.7. The molecule has 0 radical (unpaired) electrons. The average Bonchev–Trinajstić information content (AvgIpc) is 2.69. The van der Waals surface area contributed by atoms with Gasteiger partial charge in [0.2, 0.25) is 5.95 Å². The average molecular weight is 1060 g/mol. The van der Waals surface area contributed by atoms with Gasteiger partial charge in [-0.25, -0.2) is 4.98 Å². The zero-order chi connectivity index (χ0) is 54.9. The van der Waals surface area contributed by atoms with Crippen LogP contribution in [0.15, 0.2) is 273 Å². The minimum Gasteiger partial charge on any atom is -0.309 e. The fraction of sp³-hybridized carbons (Fsp3) is 0.0385. The number of hydrogen-bond donors (Lipinski definition) is 0. The van der Waals surface area contributed by atoms with Crippen molar-refractivity contribution in [3.63, 3.8) is 0 Å². The summed E-state index contributed by atoms with van der Waals surface area (Å²) in [6, 6.07) is 99.5. The highest BCUT2D eigenvalue weighted by Gasteiger charge is 2.37. The number of para-hydroxylation sites is 2. The lowest BCUT2D eigenvalue weighted by atomic mass is 9.78. The largest absolute Gasteiger partial charge is 0.309 e. The number of benzene rings is 13. The van der Waals surface area contributed by atoms with Gasteiger partial charge in [0.05, 0.1) is 22.1 Å². The summed E-state index contributed by atoms with van der Waals surface area (Å²) in [7, 11) is 0. The van der Waals surface area contributed by atoms with E-state index in [2.05, 4.69) is 260 Å². The first-order valence-corrected chi connectivity index (χ1v) is 28.6. The predicted octanol–water partition coefficient (Wildman–Crippen LogP) is 20.2. The van der Waals surface area contributed by atoms with Crippen molar-refractivity contribution in [2.45, 2.75) is 19.3 Å². The summed E-state index contributed by atoms with van der Waals surface area (Å²) in [6.07, 6.45) is 0. The minimum absolute atomic E-state index is 0.203. The molecular weight excluding hydrogens is 1010 g/mol. The summed E-state index contributed by atoms with van der Waals surface area (Å²) in [6.45, 7) is 4.79. The van der Waals surface area contributed by atoms with Gasteiger partial charge in [-0.2, -0.15) is 9.97 Å². The Kier molecular flexibility index (Phi) is 10.3. The molecule has 0 unspecified atom stereocenters. The van der Waals surface area contributed by atoms with Crippen LogP contribution in [0.1, 0.15) is 25.0 Å². The van der Waals surface area contributed by atoms with Crippen LogP contribution in [-0.4, -0.2) is 24.1 Å². The van der Waals surface area contributed by atoms with E-state index < -0.39 is 0 Å². The molecule has 0 N–H and O–H groups in total. The maximum atomic E-state index is 5.43. The first kappa shape index (κ1) is 47.1. The highest BCUT2D eigenvalue weighted by Crippen LogP contribution is 2.55. The van der Waals surface area contributed by atoms with Gasteiger partial charge in [-0.1, -0.05) is 238 Å². The number of fused-ring (bicyclic) bond motifs is 13. The fourth-order valence-electron chi connectivity index (χ4n) is 13.9. The quantitative estimate of drug-likeness (QED) is 0.149. The SMILES string of the molecule is CC1(C)c2ccccc2-c2c1cc(-c1c3ccccc3c(-c3ccccc3)c3ccc(-c4ccc5c6cc7c(cc6n(-c6nc(-c8ccccc8)nc(-c8ccccc8)n6)c5c4)c4ccccc4n7-c4ccccc4)cc13)c1ccccc21. The van der Waals surface area contributed by atoms with E-state index in [0.717, 1.165) is 66.2 Å². The van der Waals surface area contributed by atoms with Crippen LogP contribution >= 0.6 is 0 Å². The highest BCUT2D eigenvalue weighted by atomic mass is 15.2.